The second kappa shape index (κ2) is 11.7. The van der Waals surface area contributed by atoms with Gasteiger partial charge in [0.1, 0.15) is 11.9 Å². The van der Waals surface area contributed by atoms with Gasteiger partial charge in [-0.25, -0.2) is 9.07 Å². The normalized spacial score (nSPS) is 12.3. The number of H-pyrrole nitrogens is 1. The number of hydrogen-bond acceptors (Lipinski definition) is 6. The fourth-order valence-corrected chi connectivity index (χ4v) is 5.03. The maximum atomic E-state index is 13.8. The van der Waals surface area contributed by atoms with Crippen LogP contribution >= 0.6 is 0 Å². The quantitative estimate of drug-likeness (QED) is 0.284. The van der Waals surface area contributed by atoms with Crippen molar-refractivity contribution in [1.82, 2.24) is 30.1 Å². The zero-order valence-corrected chi connectivity index (χ0v) is 22.3. The van der Waals surface area contributed by atoms with Crippen LogP contribution in [0.25, 0.3) is 10.9 Å². The maximum absolute atomic E-state index is 13.8. The van der Waals surface area contributed by atoms with E-state index in [1.807, 2.05) is 50.2 Å². The maximum Gasteiger partial charge on any atom is 0.253 e. The Hall–Kier alpha value is -4.21. The van der Waals surface area contributed by atoms with Crippen molar-refractivity contribution in [3.8, 4) is 0 Å². The van der Waals surface area contributed by atoms with E-state index in [2.05, 4.69) is 37.5 Å². The van der Waals surface area contributed by atoms with E-state index in [1.165, 1.54) is 12.1 Å². The molecule has 0 saturated heterocycles. The lowest BCUT2D eigenvalue weighted by molar-refractivity contribution is 0.169. The largest absolute Gasteiger partial charge is 0.383 e. The van der Waals surface area contributed by atoms with Crippen molar-refractivity contribution in [2.75, 3.05) is 13.7 Å². The van der Waals surface area contributed by atoms with Gasteiger partial charge in [-0.05, 0) is 70.6 Å². The zero-order chi connectivity index (χ0) is 27.4. The first-order valence-electron chi connectivity index (χ1n) is 12.8. The Labute approximate surface area is 226 Å². The molecule has 3 aromatic carbocycles. The minimum atomic E-state index is -0.601. The molecular formula is C30H31FN6O2. The summed E-state index contributed by atoms with van der Waals surface area (Å²) < 4.78 is 20.7. The first-order chi connectivity index (χ1) is 18.9. The number of aryl methyl sites for hydroxylation is 2. The van der Waals surface area contributed by atoms with Crippen LogP contribution in [0.15, 0.2) is 77.6 Å². The van der Waals surface area contributed by atoms with Crippen LogP contribution in [-0.2, 0) is 24.4 Å². The summed E-state index contributed by atoms with van der Waals surface area (Å²) in [6, 6.07) is 21.9. The van der Waals surface area contributed by atoms with Crippen molar-refractivity contribution < 1.29 is 9.13 Å². The molecule has 0 aliphatic carbocycles. The summed E-state index contributed by atoms with van der Waals surface area (Å²) in [4.78, 5) is 19.0. The van der Waals surface area contributed by atoms with Crippen molar-refractivity contribution in [2.24, 2.45) is 0 Å². The van der Waals surface area contributed by atoms with Gasteiger partial charge in [-0.3, -0.25) is 9.69 Å². The van der Waals surface area contributed by atoms with Crippen molar-refractivity contribution >= 4 is 10.9 Å². The van der Waals surface area contributed by atoms with E-state index in [0.29, 0.717) is 37.6 Å². The molecule has 1 N–H and O–H groups in total. The number of halogens is 1. The third kappa shape index (κ3) is 5.94. The molecule has 2 aromatic heterocycles. The number of aromatic amines is 1. The molecule has 9 heteroatoms. The van der Waals surface area contributed by atoms with Crippen molar-refractivity contribution in [1.29, 1.82) is 0 Å². The molecule has 0 unspecified atom stereocenters. The summed E-state index contributed by atoms with van der Waals surface area (Å²) >= 11 is 0. The Bertz CT molecular complexity index is 1610. The predicted octanol–water partition coefficient (Wildman–Crippen LogP) is 4.71. The van der Waals surface area contributed by atoms with Gasteiger partial charge < -0.3 is 9.72 Å². The van der Waals surface area contributed by atoms with E-state index in [-0.39, 0.29) is 11.4 Å². The van der Waals surface area contributed by atoms with Gasteiger partial charge >= 0.3 is 0 Å². The highest BCUT2D eigenvalue weighted by Gasteiger charge is 2.31. The topological polar surface area (TPSA) is 88.9 Å². The summed E-state index contributed by atoms with van der Waals surface area (Å²) in [6.45, 7) is 5.80. The molecule has 0 aliphatic rings. The Kier molecular flexibility index (Phi) is 7.90. The highest BCUT2D eigenvalue weighted by atomic mass is 19.1. The summed E-state index contributed by atoms with van der Waals surface area (Å²) in [7, 11) is 1.62. The Morgan fingerprint density at radius 2 is 1.72 bits per heavy atom. The summed E-state index contributed by atoms with van der Waals surface area (Å²) in [5, 5.41) is 13.5. The van der Waals surface area contributed by atoms with Gasteiger partial charge in [0.25, 0.3) is 5.56 Å². The number of benzene rings is 3. The second-order valence-corrected chi connectivity index (χ2v) is 9.77. The van der Waals surface area contributed by atoms with Gasteiger partial charge in [0.05, 0.1) is 18.7 Å². The second-order valence-electron chi connectivity index (χ2n) is 9.77. The lowest BCUT2D eigenvalue weighted by atomic mass is 9.99. The molecule has 2 heterocycles. The van der Waals surface area contributed by atoms with Crippen LogP contribution in [-0.4, -0.2) is 43.8 Å². The van der Waals surface area contributed by atoms with Crippen LogP contribution in [0.2, 0.25) is 0 Å². The zero-order valence-electron chi connectivity index (χ0n) is 22.3. The average Bonchev–Trinajstić information content (AvgIpc) is 3.38. The van der Waals surface area contributed by atoms with Gasteiger partial charge in [0, 0.05) is 25.8 Å². The fourth-order valence-electron chi connectivity index (χ4n) is 5.03. The van der Waals surface area contributed by atoms with E-state index in [0.717, 1.165) is 33.2 Å². The van der Waals surface area contributed by atoms with Crippen LogP contribution in [0.4, 0.5) is 4.39 Å². The standard InChI is InChI=1S/C30H31FN6O2/c1-20-15-21(2)27-24(16-20)17-26(30(38)32-27)28(29-33-34-35-37(29)13-14-39-3)36(18-22-7-5-4-6-8-22)19-23-9-11-25(31)12-10-23/h4-12,15-17,28H,13-14,18-19H2,1-3H3,(H,32,38)/t28-/m1/s1. The first-order valence-corrected chi connectivity index (χ1v) is 12.8. The number of ether oxygens (including phenoxy) is 1. The van der Waals surface area contributed by atoms with Gasteiger partial charge in [0.15, 0.2) is 5.82 Å². The van der Waals surface area contributed by atoms with Gasteiger partial charge in [0.2, 0.25) is 0 Å². The van der Waals surface area contributed by atoms with E-state index in [1.54, 1.807) is 23.9 Å². The monoisotopic (exact) mass is 526 g/mol. The van der Waals surface area contributed by atoms with Crippen LogP contribution in [0.5, 0.6) is 0 Å². The third-order valence-corrected chi connectivity index (χ3v) is 6.82. The van der Waals surface area contributed by atoms with E-state index >= 15 is 0 Å². The molecular weight excluding hydrogens is 495 g/mol. The summed E-state index contributed by atoms with van der Waals surface area (Å²) in [5.74, 6) is 0.226. The molecule has 5 aromatic rings. The Balaban J connectivity index is 1.70. The van der Waals surface area contributed by atoms with E-state index in [4.69, 9.17) is 4.74 Å². The van der Waals surface area contributed by atoms with Crippen molar-refractivity contribution in [3.05, 3.63) is 123 Å². The fraction of sp³-hybridized carbons (Fsp3) is 0.267. The van der Waals surface area contributed by atoms with E-state index < -0.39 is 6.04 Å². The molecule has 0 aliphatic heterocycles. The number of methoxy groups -OCH3 is 1. The van der Waals surface area contributed by atoms with Crippen molar-refractivity contribution in [2.45, 2.75) is 39.5 Å². The number of pyridine rings is 1. The highest BCUT2D eigenvalue weighted by Crippen LogP contribution is 2.31. The van der Waals surface area contributed by atoms with Crippen LogP contribution < -0.4 is 5.56 Å². The van der Waals surface area contributed by atoms with Crippen LogP contribution in [0.3, 0.4) is 0 Å². The lowest BCUT2D eigenvalue weighted by Crippen LogP contribution is -2.35. The smallest absolute Gasteiger partial charge is 0.253 e. The molecule has 0 fully saturated rings. The van der Waals surface area contributed by atoms with Gasteiger partial charge in [-0.2, -0.15) is 0 Å². The third-order valence-electron chi connectivity index (χ3n) is 6.82. The summed E-state index contributed by atoms with van der Waals surface area (Å²) in [5.41, 5.74) is 5.19. The summed E-state index contributed by atoms with van der Waals surface area (Å²) in [6.07, 6.45) is 0. The molecule has 0 amide bonds. The minimum Gasteiger partial charge on any atom is -0.383 e. The lowest BCUT2D eigenvalue weighted by Gasteiger charge is -2.31. The minimum absolute atomic E-state index is 0.210. The molecule has 8 nitrogen and oxygen atoms in total. The predicted molar refractivity (Wildman–Crippen MR) is 148 cm³/mol. The van der Waals surface area contributed by atoms with Gasteiger partial charge in [-0.15, -0.1) is 5.10 Å². The SMILES string of the molecule is COCCn1nnnc1[C@@H](c1cc2cc(C)cc(C)c2[nH]c1=O)N(Cc1ccccc1)Cc1ccc(F)cc1. The Morgan fingerprint density at radius 3 is 2.44 bits per heavy atom. The number of hydrogen-bond donors (Lipinski definition) is 1. The van der Waals surface area contributed by atoms with Crippen LogP contribution in [0.1, 0.15) is 39.7 Å². The van der Waals surface area contributed by atoms with Crippen LogP contribution in [0, 0.1) is 19.7 Å². The first kappa shape index (κ1) is 26.4. The molecule has 39 heavy (non-hydrogen) atoms. The molecule has 0 saturated carbocycles. The van der Waals surface area contributed by atoms with Crippen molar-refractivity contribution in [3.63, 3.8) is 0 Å². The molecule has 200 valence electrons. The number of fused-ring (bicyclic) bond motifs is 1. The number of tetrazole rings is 1. The molecule has 0 bridgehead atoms. The average molecular weight is 527 g/mol. The molecule has 5 rings (SSSR count). The molecule has 1 atom stereocenters. The Morgan fingerprint density at radius 1 is 1.00 bits per heavy atom. The number of rotatable bonds is 10. The number of aromatic nitrogens is 5. The number of nitrogens with one attached hydrogen (secondary N) is 1. The number of nitrogens with zero attached hydrogens (tertiary/aromatic N) is 5. The molecule has 0 spiro atoms. The van der Waals surface area contributed by atoms with E-state index in [9.17, 15) is 9.18 Å². The molecule has 0 radical (unpaired) electrons. The van der Waals surface area contributed by atoms with Gasteiger partial charge in [-0.1, -0.05) is 54.1 Å². The highest BCUT2D eigenvalue weighted by molar-refractivity contribution is 5.83.